The SMILES string of the molecule is CCC1(CC)CC(=O)n2c(c(-c3ccc(C=O)c(NC4CCCCC4)c3)c3ccc(F)cc32)C1.CN. The summed E-state index contributed by atoms with van der Waals surface area (Å²) in [6.07, 6.45) is 9.89. The highest BCUT2D eigenvalue weighted by molar-refractivity contribution is 6.05. The van der Waals surface area contributed by atoms with Crippen molar-refractivity contribution in [2.24, 2.45) is 11.1 Å². The number of halogens is 1. The molecular formula is C30H38FN3O2. The highest BCUT2D eigenvalue weighted by Crippen LogP contribution is 2.46. The topological polar surface area (TPSA) is 77.1 Å². The summed E-state index contributed by atoms with van der Waals surface area (Å²) in [5, 5.41) is 4.51. The number of carbonyl (C=O) groups is 2. The minimum absolute atomic E-state index is 0.0388. The summed E-state index contributed by atoms with van der Waals surface area (Å²) in [6, 6.07) is 11.0. The van der Waals surface area contributed by atoms with Crippen LogP contribution in [0.25, 0.3) is 22.0 Å². The molecule has 1 fully saturated rings. The Balaban J connectivity index is 0.00000148. The van der Waals surface area contributed by atoms with E-state index >= 15 is 0 Å². The highest BCUT2D eigenvalue weighted by atomic mass is 19.1. The summed E-state index contributed by atoms with van der Waals surface area (Å²) in [4.78, 5) is 25.2. The van der Waals surface area contributed by atoms with Gasteiger partial charge >= 0.3 is 0 Å². The average Bonchev–Trinajstić information content (AvgIpc) is 3.23. The largest absolute Gasteiger partial charge is 0.382 e. The van der Waals surface area contributed by atoms with Gasteiger partial charge in [-0.2, -0.15) is 0 Å². The second-order valence-electron chi connectivity index (χ2n) is 10.2. The Morgan fingerprint density at radius 2 is 1.78 bits per heavy atom. The molecular weight excluding hydrogens is 453 g/mol. The lowest BCUT2D eigenvalue weighted by atomic mass is 9.72. The quantitative estimate of drug-likeness (QED) is 0.365. The number of benzene rings is 2. The summed E-state index contributed by atoms with van der Waals surface area (Å²) in [5.41, 5.74) is 9.45. The summed E-state index contributed by atoms with van der Waals surface area (Å²) in [7, 11) is 1.50. The maximum absolute atomic E-state index is 14.3. The van der Waals surface area contributed by atoms with Crippen molar-refractivity contribution in [3.63, 3.8) is 0 Å². The van der Waals surface area contributed by atoms with Crippen LogP contribution in [0.5, 0.6) is 0 Å². The normalized spacial score (nSPS) is 17.3. The van der Waals surface area contributed by atoms with Crippen molar-refractivity contribution in [2.45, 2.75) is 77.7 Å². The van der Waals surface area contributed by atoms with E-state index in [9.17, 15) is 14.0 Å². The summed E-state index contributed by atoms with van der Waals surface area (Å²) >= 11 is 0. The second-order valence-corrected chi connectivity index (χ2v) is 10.2. The molecule has 0 amide bonds. The van der Waals surface area contributed by atoms with Gasteiger partial charge in [0, 0.05) is 40.4 Å². The maximum Gasteiger partial charge on any atom is 0.231 e. The van der Waals surface area contributed by atoms with E-state index in [1.54, 1.807) is 10.6 Å². The van der Waals surface area contributed by atoms with Gasteiger partial charge in [0.15, 0.2) is 6.29 Å². The minimum atomic E-state index is -0.342. The van der Waals surface area contributed by atoms with E-state index < -0.39 is 0 Å². The Labute approximate surface area is 213 Å². The van der Waals surface area contributed by atoms with Crippen molar-refractivity contribution in [3.8, 4) is 11.1 Å². The smallest absolute Gasteiger partial charge is 0.231 e. The highest BCUT2D eigenvalue weighted by Gasteiger charge is 2.39. The number of nitrogens with two attached hydrogens (primary N) is 1. The first-order valence-electron chi connectivity index (χ1n) is 13.3. The minimum Gasteiger partial charge on any atom is -0.382 e. The van der Waals surface area contributed by atoms with Crippen molar-refractivity contribution in [1.82, 2.24) is 4.57 Å². The molecule has 1 aliphatic heterocycles. The molecule has 3 aromatic rings. The predicted molar refractivity (Wildman–Crippen MR) is 145 cm³/mol. The van der Waals surface area contributed by atoms with Crippen molar-refractivity contribution < 1.29 is 14.0 Å². The van der Waals surface area contributed by atoms with E-state index in [1.165, 1.54) is 38.4 Å². The van der Waals surface area contributed by atoms with Gasteiger partial charge < -0.3 is 11.1 Å². The number of nitrogens with one attached hydrogen (secondary N) is 1. The summed E-state index contributed by atoms with van der Waals surface area (Å²) in [5.74, 6) is -0.303. The van der Waals surface area contributed by atoms with Gasteiger partial charge in [0.05, 0.1) is 5.52 Å². The standard InChI is InChI=1S/C29H33FN2O2.CH5N/c1-3-29(4-2)16-26-28(23-13-12-21(30)15-25(23)32(26)27(34)17-29)19-10-11-20(18-33)24(14-19)31-22-8-6-5-7-9-22;1-2/h10-15,18,22,31H,3-9,16-17H2,1-2H3;2H2,1H3. The molecule has 0 bridgehead atoms. The fraction of sp³-hybridized carbons (Fsp3) is 0.467. The van der Waals surface area contributed by atoms with Gasteiger partial charge in [-0.05, 0) is 80.5 Å². The molecule has 2 aromatic carbocycles. The molecule has 5 nitrogen and oxygen atoms in total. The third-order valence-corrected chi connectivity index (χ3v) is 8.28. The van der Waals surface area contributed by atoms with Gasteiger partial charge in [-0.1, -0.05) is 39.2 Å². The van der Waals surface area contributed by atoms with E-state index in [2.05, 4.69) is 31.0 Å². The van der Waals surface area contributed by atoms with E-state index in [0.29, 0.717) is 23.5 Å². The van der Waals surface area contributed by atoms with Crippen LogP contribution in [0.1, 0.15) is 86.1 Å². The van der Waals surface area contributed by atoms with E-state index in [1.807, 2.05) is 12.1 Å². The molecule has 0 saturated heterocycles. The number of hydrogen-bond donors (Lipinski definition) is 2. The van der Waals surface area contributed by atoms with Gasteiger partial charge in [0.2, 0.25) is 5.91 Å². The Morgan fingerprint density at radius 1 is 1.06 bits per heavy atom. The molecule has 3 N–H and O–H groups in total. The van der Waals surface area contributed by atoms with Crippen LogP contribution in [0.15, 0.2) is 36.4 Å². The van der Waals surface area contributed by atoms with Crippen LogP contribution in [0.4, 0.5) is 10.1 Å². The van der Waals surface area contributed by atoms with Gasteiger partial charge in [0.1, 0.15) is 5.82 Å². The fourth-order valence-corrected chi connectivity index (χ4v) is 6.06. The molecule has 5 rings (SSSR count). The zero-order valence-electron chi connectivity index (χ0n) is 21.7. The Hall–Kier alpha value is -2.99. The lowest BCUT2D eigenvalue weighted by Gasteiger charge is -2.36. The molecule has 0 spiro atoms. The number of rotatable bonds is 6. The summed E-state index contributed by atoms with van der Waals surface area (Å²) in [6.45, 7) is 4.30. The van der Waals surface area contributed by atoms with Gasteiger partial charge in [-0.15, -0.1) is 0 Å². The van der Waals surface area contributed by atoms with E-state index in [0.717, 1.165) is 66.3 Å². The molecule has 0 atom stereocenters. The fourth-order valence-electron chi connectivity index (χ4n) is 6.06. The van der Waals surface area contributed by atoms with Crippen molar-refractivity contribution in [2.75, 3.05) is 12.4 Å². The zero-order chi connectivity index (χ0) is 25.9. The Kier molecular flexibility index (Phi) is 7.94. The number of nitrogens with zero attached hydrogens (tertiary/aromatic N) is 1. The number of aldehydes is 1. The molecule has 2 aliphatic rings. The van der Waals surface area contributed by atoms with Crippen LogP contribution in [-0.2, 0) is 6.42 Å². The first-order chi connectivity index (χ1) is 17.5. The lowest BCUT2D eigenvalue weighted by Crippen LogP contribution is -2.35. The van der Waals surface area contributed by atoms with Crippen molar-refractivity contribution >= 4 is 28.8 Å². The molecule has 0 unspecified atom stereocenters. The van der Waals surface area contributed by atoms with Crippen LogP contribution in [0.3, 0.4) is 0 Å². The molecule has 6 heteroatoms. The number of carbonyl (C=O) groups excluding carboxylic acids is 2. The molecule has 1 aromatic heterocycles. The van der Waals surface area contributed by atoms with Gasteiger partial charge in [-0.3, -0.25) is 14.2 Å². The van der Waals surface area contributed by atoms with Crippen molar-refractivity contribution in [3.05, 3.63) is 53.5 Å². The Bertz CT molecular complexity index is 1250. The van der Waals surface area contributed by atoms with Gasteiger partial charge in [0.25, 0.3) is 0 Å². The van der Waals surface area contributed by atoms with Crippen LogP contribution < -0.4 is 11.1 Å². The molecule has 1 aliphatic carbocycles. The number of fused-ring (bicyclic) bond motifs is 3. The average molecular weight is 492 g/mol. The molecule has 192 valence electrons. The molecule has 1 saturated carbocycles. The number of hydrogen-bond acceptors (Lipinski definition) is 4. The zero-order valence-corrected chi connectivity index (χ0v) is 21.7. The first kappa shape index (κ1) is 26.1. The molecule has 2 heterocycles. The summed E-state index contributed by atoms with van der Waals surface area (Å²) < 4.78 is 16.0. The third-order valence-electron chi connectivity index (χ3n) is 8.28. The van der Waals surface area contributed by atoms with Crippen LogP contribution in [-0.4, -0.2) is 29.8 Å². The lowest BCUT2D eigenvalue weighted by molar-refractivity contribution is 0.0769. The second kappa shape index (κ2) is 11.0. The van der Waals surface area contributed by atoms with E-state index in [4.69, 9.17) is 0 Å². The van der Waals surface area contributed by atoms with Crippen LogP contribution >= 0.6 is 0 Å². The van der Waals surface area contributed by atoms with E-state index in [-0.39, 0.29) is 17.1 Å². The van der Waals surface area contributed by atoms with Crippen LogP contribution in [0, 0.1) is 11.2 Å². The molecule has 0 radical (unpaired) electrons. The number of aromatic nitrogens is 1. The maximum atomic E-state index is 14.3. The van der Waals surface area contributed by atoms with Crippen LogP contribution in [0.2, 0.25) is 0 Å². The predicted octanol–water partition coefficient (Wildman–Crippen LogP) is 6.97. The number of anilines is 1. The van der Waals surface area contributed by atoms with Crippen molar-refractivity contribution in [1.29, 1.82) is 0 Å². The molecule has 36 heavy (non-hydrogen) atoms. The monoisotopic (exact) mass is 491 g/mol. The first-order valence-corrected chi connectivity index (χ1v) is 13.3. The third kappa shape index (κ3) is 4.71. The Morgan fingerprint density at radius 3 is 2.44 bits per heavy atom. The van der Waals surface area contributed by atoms with Gasteiger partial charge in [-0.25, -0.2) is 4.39 Å².